The second-order valence-electron chi connectivity index (χ2n) is 10.7. The molecule has 0 aromatic heterocycles. The normalized spacial score (nSPS) is 24.9. The van der Waals surface area contributed by atoms with Crippen molar-refractivity contribution in [1.29, 1.82) is 0 Å². The van der Waals surface area contributed by atoms with Crippen LogP contribution in [0, 0.1) is 5.92 Å². The Bertz CT molecular complexity index is 960. The van der Waals surface area contributed by atoms with Crippen molar-refractivity contribution >= 4 is 11.9 Å². The maximum Gasteiger partial charge on any atom is 0.509 e. The molecule has 0 amide bonds. The summed E-state index contributed by atoms with van der Waals surface area (Å²) >= 11 is 0. The highest BCUT2D eigenvalue weighted by atomic mass is 16.7. The Morgan fingerprint density at radius 2 is 1.43 bits per heavy atom. The van der Waals surface area contributed by atoms with Crippen molar-refractivity contribution < 1.29 is 23.5 Å². The van der Waals surface area contributed by atoms with Crippen LogP contribution in [0.5, 0.6) is 0 Å². The molecule has 2 unspecified atom stereocenters. The van der Waals surface area contributed by atoms with Crippen LogP contribution in [-0.4, -0.2) is 48.2 Å². The van der Waals surface area contributed by atoms with Crippen molar-refractivity contribution in [1.82, 2.24) is 0 Å². The molecular weight excluding hydrogens is 438 g/mol. The number of ether oxygens (including phenoxy) is 2. The van der Waals surface area contributed by atoms with E-state index in [1.54, 1.807) is 0 Å². The first-order chi connectivity index (χ1) is 17.1. The first kappa shape index (κ1) is 24.1. The average Bonchev–Trinajstić information content (AvgIpc) is 3.43. The van der Waals surface area contributed by atoms with Gasteiger partial charge in [0.05, 0.1) is 31.8 Å². The lowest BCUT2D eigenvalue weighted by atomic mass is 9.76. The minimum atomic E-state index is -1.51. The molecule has 186 valence electrons. The van der Waals surface area contributed by atoms with E-state index < -0.39 is 11.8 Å². The predicted octanol–water partition coefficient (Wildman–Crippen LogP) is 6.00. The van der Waals surface area contributed by atoms with E-state index in [1.807, 2.05) is 67.6 Å². The second kappa shape index (κ2) is 10.1. The molecule has 2 aromatic carbocycles. The Hall–Kier alpha value is -2.66. The lowest BCUT2D eigenvalue weighted by molar-refractivity contribution is -0.956. The molecule has 5 heteroatoms. The van der Waals surface area contributed by atoms with Gasteiger partial charge in [-0.2, -0.15) is 0 Å². The standard InChI is InChI=1S/C30H38NO4/c1-2-19-34-29(33)35-30(24-11-5-3-6-12-24,25-13-7-4-8-14-25)28(32)22-23-20-26-15-16-27(21-23)31(26)17-9-10-18-31/h3-8,11-14,23,26-27H,2,9-10,15-22H2,1H3/q+1. The van der Waals surface area contributed by atoms with Gasteiger partial charge in [0.15, 0.2) is 5.78 Å². The Morgan fingerprint density at radius 1 is 0.886 bits per heavy atom. The summed E-state index contributed by atoms with van der Waals surface area (Å²) in [6.45, 7) is 4.84. The summed E-state index contributed by atoms with van der Waals surface area (Å²) in [6.07, 6.45) is 7.78. The molecule has 1 spiro atoms. The topological polar surface area (TPSA) is 52.6 Å². The summed E-state index contributed by atoms with van der Waals surface area (Å²) in [5.41, 5.74) is -0.165. The number of piperidine rings is 1. The molecule has 3 saturated heterocycles. The van der Waals surface area contributed by atoms with Gasteiger partial charge in [-0.3, -0.25) is 4.79 Å². The summed E-state index contributed by atoms with van der Waals surface area (Å²) < 4.78 is 12.7. The Morgan fingerprint density at radius 3 is 1.94 bits per heavy atom. The fourth-order valence-electron chi connectivity index (χ4n) is 7.29. The van der Waals surface area contributed by atoms with Gasteiger partial charge in [0.2, 0.25) is 5.60 Å². The van der Waals surface area contributed by atoms with Crippen molar-refractivity contribution in [3.8, 4) is 0 Å². The lowest BCUT2D eigenvalue weighted by Crippen LogP contribution is -2.58. The van der Waals surface area contributed by atoms with E-state index in [0.29, 0.717) is 42.0 Å². The second-order valence-corrected chi connectivity index (χ2v) is 10.7. The molecule has 0 radical (unpaired) electrons. The van der Waals surface area contributed by atoms with Crippen LogP contribution < -0.4 is 0 Å². The largest absolute Gasteiger partial charge is 0.509 e. The number of Topliss-reactive ketones (excluding diaryl/α,β-unsaturated/α-hetero) is 1. The van der Waals surface area contributed by atoms with Gasteiger partial charge in [0.25, 0.3) is 0 Å². The van der Waals surface area contributed by atoms with Gasteiger partial charge in [-0.1, -0.05) is 67.6 Å². The fraction of sp³-hybridized carbons (Fsp3) is 0.533. The van der Waals surface area contributed by atoms with Crippen LogP contribution in [-0.2, 0) is 19.9 Å². The van der Waals surface area contributed by atoms with E-state index in [2.05, 4.69) is 0 Å². The average molecular weight is 477 g/mol. The van der Waals surface area contributed by atoms with Crippen molar-refractivity contribution in [3.63, 3.8) is 0 Å². The molecular formula is C30H38NO4+. The first-order valence-electron chi connectivity index (χ1n) is 13.4. The van der Waals surface area contributed by atoms with Gasteiger partial charge in [-0.25, -0.2) is 4.79 Å². The van der Waals surface area contributed by atoms with Crippen LogP contribution in [0.25, 0.3) is 0 Å². The molecule has 0 aliphatic carbocycles. The van der Waals surface area contributed by atoms with E-state index >= 15 is 0 Å². The number of carbonyl (C=O) groups excluding carboxylic acids is 2. The minimum Gasteiger partial charge on any atom is -0.434 e. The lowest BCUT2D eigenvalue weighted by Gasteiger charge is -2.47. The SMILES string of the molecule is CCCOC(=O)OC(C(=O)CC1CC2CCC(C1)[N+]21CCCC1)(c1ccccc1)c1ccccc1. The molecule has 3 aliphatic heterocycles. The van der Waals surface area contributed by atoms with Gasteiger partial charge in [-0.05, 0) is 12.3 Å². The molecule has 3 fully saturated rings. The van der Waals surface area contributed by atoms with Gasteiger partial charge in [0, 0.05) is 56.1 Å². The Kier molecular flexibility index (Phi) is 6.97. The van der Waals surface area contributed by atoms with E-state index in [1.165, 1.54) is 43.3 Å². The number of ketones is 1. The van der Waals surface area contributed by atoms with E-state index in [-0.39, 0.29) is 12.4 Å². The van der Waals surface area contributed by atoms with Crippen LogP contribution in [0.15, 0.2) is 60.7 Å². The number of rotatable bonds is 8. The molecule has 5 rings (SSSR count). The monoisotopic (exact) mass is 476 g/mol. The number of nitrogens with zero attached hydrogens (tertiary/aromatic N) is 1. The highest BCUT2D eigenvalue weighted by molar-refractivity contribution is 5.94. The van der Waals surface area contributed by atoms with Gasteiger partial charge >= 0.3 is 6.16 Å². The van der Waals surface area contributed by atoms with E-state index in [9.17, 15) is 9.59 Å². The zero-order valence-electron chi connectivity index (χ0n) is 20.9. The molecule has 3 heterocycles. The minimum absolute atomic E-state index is 0.0531. The van der Waals surface area contributed by atoms with Crippen molar-refractivity contribution in [3.05, 3.63) is 71.8 Å². The van der Waals surface area contributed by atoms with Crippen molar-refractivity contribution in [2.45, 2.75) is 76.0 Å². The summed E-state index contributed by atoms with van der Waals surface area (Å²) in [4.78, 5) is 27.2. The number of hydrogen-bond acceptors (Lipinski definition) is 4. The highest BCUT2D eigenvalue weighted by Gasteiger charge is 2.56. The molecule has 3 aliphatic rings. The van der Waals surface area contributed by atoms with Crippen molar-refractivity contribution in [2.75, 3.05) is 19.7 Å². The van der Waals surface area contributed by atoms with Crippen LogP contribution in [0.3, 0.4) is 0 Å². The quantitative estimate of drug-likeness (QED) is 0.346. The van der Waals surface area contributed by atoms with Crippen LogP contribution in [0.1, 0.15) is 69.4 Å². The predicted molar refractivity (Wildman–Crippen MR) is 135 cm³/mol. The molecule has 0 N–H and O–H groups in total. The van der Waals surface area contributed by atoms with Gasteiger partial charge in [-0.15, -0.1) is 0 Å². The highest BCUT2D eigenvalue weighted by Crippen LogP contribution is 2.49. The van der Waals surface area contributed by atoms with Crippen LogP contribution in [0.2, 0.25) is 0 Å². The number of hydrogen-bond donors (Lipinski definition) is 0. The summed E-state index contributed by atoms with van der Waals surface area (Å²) in [7, 11) is 0. The Labute approximate surface area is 209 Å². The van der Waals surface area contributed by atoms with E-state index in [0.717, 1.165) is 12.8 Å². The molecule has 35 heavy (non-hydrogen) atoms. The maximum atomic E-state index is 14.4. The van der Waals surface area contributed by atoms with Crippen LogP contribution >= 0.6 is 0 Å². The summed E-state index contributed by atoms with van der Waals surface area (Å²) in [5, 5.41) is 0. The third-order valence-electron chi connectivity index (χ3n) is 8.79. The van der Waals surface area contributed by atoms with Crippen molar-refractivity contribution in [2.24, 2.45) is 5.92 Å². The molecule has 2 bridgehead atoms. The fourth-order valence-corrected chi connectivity index (χ4v) is 7.29. The zero-order chi connectivity index (χ0) is 24.3. The summed E-state index contributed by atoms with van der Waals surface area (Å²) in [6, 6.07) is 20.3. The maximum absolute atomic E-state index is 14.4. The smallest absolute Gasteiger partial charge is 0.434 e. The summed E-state index contributed by atoms with van der Waals surface area (Å²) in [5.74, 6) is 0.272. The number of carbonyl (C=O) groups is 2. The van der Waals surface area contributed by atoms with Gasteiger partial charge < -0.3 is 14.0 Å². The van der Waals surface area contributed by atoms with Crippen LogP contribution in [0.4, 0.5) is 4.79 Å². The van der Waals surface area contributed by atoms with Gasteiger partial charge in [0.1, 0.15) is 0 Å². The Balaban J connectivity index is 1.46. The third-order valence-corrected chi connectivity index (χ3v) is 8.79. The zero-order valence-corrected chi connectivity index (χ0v) is 20.9. The molecule has 2 aromatic rings. The first-order valence-corrected chi connectivity index (χ1v) is 13.4. The number of benzene rings is 2. The molecule has 5 nitrogen and oxygen atoms in total. The molecule has 2 atom stereocenters. The third kappa shape index (κ3) is 4.40. The van der Waals surface area contributed by atoms with E-state index in [4.69, 9.17) is 9.47 Å². The number of quaternary nitrogens is 1. The molecule has 0 saturated carbocycles.